The van der Waals surface area contributed by atoms with Gasteiger partial charge in [0.25, 0.3) is 0 Å². The summed E-state index contributed by atoms with van der Waals surface area (Å²) in [5.41, 5.74) is 4.57. The van der Waals surface area contributed by atoms with E-state index in [4.69, 9.17) is 12.3 Å². The van der Waals surface area contributed by atoms with Crippen LogP contribution in [0.25, 0.3) is 0 Å². The SMILES string of the molecule is C#CCCC(NN)c1ccc(F)cc1C. The number of rotatable bonds is 4. The summed E-state index contributed by atoms with van der Waals surface area (Å²) in [6, 6.07) is 4.66. The number of hydrogen-bond acceptors (Lipinski definition) is 2. The minimum atomic E-state index is -0.232. The quantitative estimate of drug-likeness (QED) is 0.449. The number of benzene rings is 1. The smallest absolute Gasteiger partial charge is 0.123 e. The number of terminal acetylenes is 1. The van der Waals surface area contributed by atoms with E-state index in [1.54, 1.807) is 6.07 Å². The first-order valence-corrected chi connectivity index (χ1v) is 4.84. The van der Waals surface area contributed by atoms with Crippen molar-refractivity contribution in [2.24, 2.45) is 5.84 Å². The van der Waals surface area contributed by atoms with E-state index in [1.165, 1.54) is 12.1 Å². The number of nitrogens with two attached hydrogens (primary N) is 1. The van der Waals surface area contributed by atoms with Crippen LogP contribution in [0.2, 0.25) is 0 Å². The van der Waals surface area contributed by atoms with E-state index in [9.17, 15) is 4.39 Å². The maximum atomic E-state index is 12.9. The van der Waals surface area contributed by atoms with Gasteiger partial charge in [0.15, 0.2) is 0 Å². The van der Waals surface area contributed by atoms with Gasteiger partial charge in [-0.15, -0.1) is 12.3 Å². The Labute approximate surface area is 89.6 Å². The summed E-state index contributed by atoms with van der Waals surface area (Å²) in [6.45, 7) is 1.86. The highest BCUT2D eigenvalue weighted by molar-refractivity contribution is 5.29. The molecule has 15 heavy (non-hydrogen) atoms. The van der Waals surface area contributed by atoms with Crippen LogP contribution in [-0.2, 0) is 0 Å². The first-order chi connectivity index (χ1) is 7.19. The van der Waals surface area contributed by atoms with Crippen molar-refractivity contribution in [3.63, 3.8) is 0 Å². The summed E-state index contributed by atoms with van der Waals surface area (Å²) in [5, 5.41) is 0. The Morgan fingerprint density at radius 2 is 2.33 bits per heavy atom. The molecule has 3 N–H and O–H groups in total. The molecule has 0 heterocycles. The van der Waals surface area contributed by atoms with Gasteiger partial charge in [-0.1, -0.05) is 6.07 Å². The van der Waals surface area contributed by atoms with Crippen molar-refractivity contribution in [3.05, 3.63) is 35.1 Å². The summed E-state index contributed by atoms with van der Waals surface area (Å²) in [4.78, 5) is 0. The predicted molar refractivity (Wildman–Crippen MR) is 59.3 cm³/mol. The summed E-state index contributed by atoms with van der Waals surface area (Å²) in [6.07, 6.45) is 6.59. The molecule has 0 aliphatic carbocycles. The molecule has 0 saturated heterocycles. The van der Waals surface area contributed by atoms with Crippen LogP contribution in [0.1, 0.15) is 30.0 Å². The Morgan fingerprint density at radius 1 is 1.60 bits per heavy atom. The number of hydrogen-bond donors (Lipinski definition) is 2. The average molecular weight is 206 g/mol. The molecule has 0 aliphatic heterocycles. The van der Waals surface area contributed by atoms with E-state index in [2.05, 4.69) is 11.3 Å². The van der Waals surface area contributed by atoms with Crippen LogP contribution >= 0.6 is 0 Å². The highest BCUT2D eigenvalue weighted by Gasteiger charge is 2.11. The van der Waals surface area contributed by atoms with Crippen molar-refractivity contribution in [3.8, 4) is 12.3 Å². The van der Waals surface area contributed by atoms with Crippen LogP contribution in [0, 0.1) is 25.1 Å². The second-order valence-corrected chi connectivity index (χ2v) is 3.46. The molecule has 1 aromatic carbocycles. The zero-order valence-corrected chi connectivity index (χ0v) is 8.76. The lowest BCUT2D eigenvalue weighted by Crippen LogP contribution is -2.28. The molecule has 1 rings (SSSR count). The third kappa shape index (κ3) is 3.05. The summed E-state index contributed by atoms with van der Waals surface area (Å²) >= 11 is 0. The van der Waals surface area contributed by atoms with E-state index in [1.807, 2.05) is 6.92 Å². The zero-order valence-electron chi connectivity index (χ0n) is 8.76. The van der Waals surface area contributed by atoms with Gasteiger partial charge in [-0.3, -0.25) is 11.3 Å². The Bertz CT molecular complexity index is 368. The fourth-order valence-electron chi connectivity index (χ4n) is 1.59. The molecule has 80 valence electrons. The van der Waals surface area contributed by atoms with Gasteiger partial charge in [0.1, 0.15) is 5.82 Å². The predicted octanol–water partition coefficient (Wildman–Crippen LogP) is 2.05. The number of nitrogens with one attached hydrogen (secondary N) is 1. The van der Waals surface area contributed by atoms with Gasteiger partial charge in [-0.25, -0.2) is 4.39 Å². The summed E-state index contributed by atoms with van der Waals surface area (Å²) < 4.78 is 12.9. The van der Waals surface area contributed by atoms with Crippen molar-refractivity contribution in [2.45, 2.75) is 25.8 Å². The summed E-state index contributed by atoms with van der Waals surface area (Å²) in [5.74, 6) is 7.77. The Balaban J connectivity index is 2.87. The van der Waals surface area contributed by atoms with Crippen LogP contribution in [0.15, 0.2) is 18.2 Å². The van der Waals surface area contributed by atoms with Crippen molar-refractivity contribution in [1.82, 2.24) is 5.43 Å². The molecule has 0 saturated carbocycles. The molecule has 1 atom stereocenters. The van der Waals surface area contributed by atoms with E-state index in [0.29, 0.717) is 6.42 Å². The Kier molecular flexibility index (Phi) is 4.29. The fourth-order valence-corrected chi connectivity index (χ4v) is 1.59. The highest BCUT2D eigenvalue weighted by atomic mass is 19.1. The standard InChI is InChI=1S/C12H15FN2/c1-3-4-5-12(15-14)11-7-6-10(13)8-9(11)2/h1,6-8,12,15H,4-5,14H2,2H3. The number of hydrazine groups is 1. The van der Waals surface area contributed by atoms with Crippen molar-refractivity contribution in [2.75, 3.05) is 0 Å². The van der Waals surface area contributed by atoms with Crippen molar-refractivity contribution < 1.29 is 4.39 Å². The van der Waals surface area contributed by atoms with Gasteiger partial charge in [0.2, 0.25) is 0 Å². The first kappa shape index (κ1) is 11.7. The molecule has 1 aromatic rings. The minimum absolute atomic E-state index is 0.0124. The molecule has 0 spiro atoms. The zero-order chi connectivity index (χ0) is 11.3. The van der Waals surface area contributed by atoms with Crippen LogP contribution in [-0.4, -0.2) is 0 Å². The van der Waals surface area contributed by atoms with Gasteiger partial charge in [0.05, 0.1) is 0 Å². The lowest BCUT2D eigenvalue weighted by atomic mass is 9.98. The molecule has 0 bridgehead atoms. The normalized spacial score (nSPS) is 12.1. The molecule has 0 radical (unpaired) electrons. The third-order valence-electron chi connectivity index (χ3n) is 2.39. The van der Waals surface area contributed by atoms with Gasteiger partial charge in [0, 0.05) is 12.5 Å². The second kappa shape index (κ2) is 5.50. The van der Waals surface area contributed by atoms with Crippen LogP contribution in [0.3, 0.4) is 0 Å². The molecule has 0 amide bonds. The maximum Gasteiger partial charge on any atom is 0.123 e. The van der Waals surface area contributed by atoms with Gasteiger partial charge < -0.3 is 0 Å². The van der Waals surface area contributed by atoms with E-state index in [-0.39, 0.29) is 11.9 Å². The molecular weight excluding hydrogens is 191 g/mol. The molecule has 0 aromatic heterocycles. The van der Waals surface area contributed by atoms with Gasteiger partial charge >= 0.3 is 0 Å². The number of aryl methyl sites for hydroxylation is 1. The third-order valence-corrected chi connectivity index (χ3v) is 2.39. The van der Waals surface area contributed by atoms with E-state index >= 15 is 0 Å². The highest BCUT2D eigenvalue weighted by Crippen LogP contribution is 2.21. The van der Waals surface area contributed by atoms with E-state index in [0.717, 1.165) is 17.5 Å². The molecule has 2 nitrogen and oxygen atoms in total. The summed E-state index contributed by atoms with van der Waals surface area (Å²) in [7, 11) is 0. The Hall–Kier alpha value is -1.37. The lowest BCUT2D eigenvalue weighted by molar-refractivity contribution is 0.519. The van der Waals surface area contributed by atoms with Crippen molar-refractivity contribution >= 4 is 0 Å². The van der Waals surface area contributed by atoms with Crippen LogP contribution in [0.4, 0.5) is 4.39 Å². The van der Waals surface area contributed by atoms with Gasteiger partial charge in [-0.2, -0.15) is 0 Å². The molecule has 3 heteroatoms. The fraction of sp³-hybridized carbons (Fsp3) is 0.333. The second-order valence-electron chi connectivity index (χ2n) is 3.46. The molecule has 0 fully saturated rings. The van der Waals surface area contributed by atoms with Crippen LogP contribution in [0.5, 0.6) is 0 Å². The van der Waals surface area contributed by atoms with Crippen LogP contribution < -0.4 is 11.3 Å². The monoisotopic (exact) mass is 206 g/mol. The molecule has 1 unspecified atom stereocenters. The first-order valence-electron chi connectivity index (χ1n) is 4.84. The topological polar surface area (TPSA) is 38.0 Å². The average Bonchev–Trinajstić information content (AvgIpc) is 2.21. The van der Waals surface area contributed by atoms with E-state index < -0.39 is 0 Å². The lowest BCUT2D eigenvalue weighted by Gasteiger charge is -2.17. The Morgan fingerprint density at radius 3 is 2.87 bits per heavy atom. The minimum Gasteiger partial charge on any atom is -0.271 e. The number of halogens is 1. The maximum absolute atomic E-state index is 12.9. The van der Waals surface area contributed by atoms with Crippen molar-refractivity contribution in [1.29, 1.82) is 0 Å². The molecular formula is C12H15FN2. The largest absolute Gasteiger partial charge is 0.271 e. The molecule has 0 aliphatic rings. The van der Waals surface area contributed by atoms with Gasteiger partial charge in [-0.05, 0) is 36.6 Å².